The van der Waals surface area contributed by atoms with E-state index in [4.69, 9.17) is 9.47 Å². The predicted molar refractivity (Wildman–Crippen MR) is 174 cm³/mol. The number of carbonyl (C=O) groups is 1. The zero-order valence-corrected chi connectivity index (χ0v) is 27.6. The summed E-state index contributed by atoms with van der Waals surface area (Å²) in [5.74, 6) is -0.0948. The SMILES string of the molecule is COC(CNc1c(F)ccc2c(Oc3ncccc3-c3ccnc(N[C@@H]4C[C@@H](F)CN(C(=O)OC(C)(C)C)C4)n3)c(C)ccc12)C(F)(F)F. The van der Waals surface area contributed by atoms with E-state index in [2.05, 4.69) is 30.3 Å². The molecule has 262 valence electrons. The Kier molecular flexibility index (Phi) is 10.4. The first-order valence-corrected chi connectivity index (χ1v) is 15.5. The highest BCUT2D eigenvalue weighted by molar-refractivity contribution is 5.99. The van der Waals surface area contributed by atoms with Gasteiger partial charge >= 0.3 is 12.3 Å². The van der Waals surface area contributed by atoms with E-state index < -0.39 is 48.6 Å². The van der Waals surface area contributed by atoms with Gasteiger partial charge in [-0.15, -0.1) is 0 Å². The molecule has 5 rings (SSSR count). The number of hydrogen-bond acceptors (Lipinski definition) is 9. The van der Waals surface area contributed by atoms with Crippen LogP contribution in [0.15, 0.2) is 54.9 Å². The van der Waals surface area contributed by atoms with Gasteiger partial charge in [-0.1, -0.05) is 12.1 Å². The quantitative estimate of drug-likeness (QED) is 0.171. The van der Waals surface area contributed by atoms with Gasteiger partial charge in [-0.3, -0.25) is 0 Å². The minimum atomic E-state index is -4.65. The third kappa shape index (κ3) is 8.63. The number of anilines is 2. The van der Waals surface area contributed by atoms with E-state index >= 15 is 0 Å². The molecule has 3 heterocycles. The number of nitrogens with one attached hydrogen (secondary N) is 2. The molecular formula is C34H37F5N6O4. The van der Waals surface area contributed by atoms with Gasteiger partial charge in [0.05, 0.1) is 30.0 Å². The second kappa shape index (κ2) is 14.4. The molecule has 1 amide bonds. The number of fused-ring (bicyclic) bond motifs is 1. The van der Waals surface area contributed by atoms with Gasteiger partial charge in [0.1, 0.15) is 23.3 Å². The maximum absolute atomic E-state index is 15.0. The number of piperidine rings is 1. The number of alkyl halides is 4. The summed E-state index contributed by atoms with van der Waals surface area (Å²) >= 11 is 0. The van der Waals surface area contributed by atoms with Gasteiger partial charge in [0.15, 0.2) is 6.10 Å². The van der Waals surface area contributed by atoms with Crippen molar-refractivity contribution in [2.24, 2.45) is 0 Å². The van der Waals surface area contributed by atoms with Gasteiger partial charge in [-0.2, -0.15) is 13.2 Å². The summed E-state index contributed by atoms with van der Waals surface area (Å²) in [7, 11) is 0.936. The second-order valence-corrected chi connectivity index (χ2v) is 12.7. The van der Waals surface area contributed by atoms with E-state index in [0.29, 0.717) is 33.3 Å². The number of halogens is 5. The molecule has 2 N–H and O–H groups in total. The molecule has 3 atom stereocenters. The van der Waals surface area contributed by atoms with Crippen molar-refractivity contribution >= 4 is 28.5 Å². The monoisotopic (exact) mass is 688 g/mol. The van der Waals surface area contributed by atoms with Crippen molar-refractivity contribution in [2.75, 3.05) is 37.4 Å². The molecule has 4 aromatic rings. The maximum atomic E-state index is 15.0. The molecule has 2 aromatic heterocycles. The molecule has 15 heteroatoms. The molecule has 0 saturated carbocycles. The van der Waals surface area contributed by atoms with E-state index in [-0.39, 0.29) is 37.0 Å². The highest BCUT2D eigenvalue weighted by Crippen LogP contribution is 2.40. The lowest BCUT2D eigenvalue weighted by atomic mass is 10.0. The van der Waals surface area contributed by atoms with Crippen molar-refractivity contribution in [3.8, 4) is 22.9 Å². The molecule has 1 unspecified atom stereocenters. The molecule has 1 saturated heterocycles. The first kappa shape index (κ1) is 35.5. The van der Waals surface area contributed by atoms with Gasteiger partial charge in [0.2, 0.25) is 11.8 Å². The Morgan fingerprint density at radius 1 is 1.04 bits per heavy atom. The molecule has 0 aliphatic carbocycles. The first-order chi connectivity index (χ1) is 23.1. The summed E-state index contributed by atoms with van der Waals surface area (Å²) in [5, 5.41) is 6.40. The van der Waals surface area contributed by atoms with Gasteiger partial charge in [-0.25, -0.2) is 28.5 Å². The van der Waals surface area contributed by atoms with Crippen molar-refractivity contribution in [2.45, 2.75) is 64.2 Å². The van der Waals surface area contributed by atoms with Crippen LogP contribution in [0.25, 0.3) is 22.0 Å². The van der Waals surface area contributed by atoms with Crippen molar-refractivity contribution in [3.63, 3.8) is 0 Å². The van der Waals surface area contributed by atoms with Crippen LogP contribution in [0.3, 0.4) is 0 Å². The van der Waals surface area contributed by atoms with Crippen LogP contribution in [-0.2, 0) is 9.47 Å². The van der Waals surface area contributed by atoms with Crippen LogP contribution < -0.4 is 15.4 Å². The normalized spacial score (nSPS) is 17.5. The van der Waals surface area contributed by atoms with E-state index in [0.717, 1.165) is 13.2 Å². The van der Waals surface area contributed by atoms with E-state index in [1.807, 2.05) is 0 Å². The number of amides is 1. The number of likely N-dealkylation sites (tertiary alicyclic amines) is 1. The number of nitrogens with zero attached hydrogens (tertiary/aromatic N) is 4. The topological polar surface area (TPSA) is 111 Å². The number of benzene rings is 2. The summed E-state index contributed by atoms with van der Waals surface area (Å²) in [4.78, 5) is 27.2. The number of aryl methyl sites for hydroxylation is 1. The number of rotatable bonds is 9. The minimum Gasteiger partial charge on any atom is -0.444 e. The molecule has 0 radical (unpaired) electrons. The Labute approximate surface area is 280 Å². The Morgan fingerprint density at radius 3 is 2.51 bits per heavy atom. The van der Waals surface area contributed by atoms with Crippen LogP contribution >= 0.6 is 0 Å². The smallest absolute Gasteiger partial charge is 0.416 e. The fourth-order valence-corrected chi connectivity index (χ4v) is 5.45. The summed E-state index contributed by atoms with van der Waals surface area (Å²) < 4.78 is 85.8. The predicted octanol–water partition coefficient (Wildman–Crippen LogP) is 7.68. The van der Waals surface area contributed by atoms with Gasteiger partial charge in [0.25, 0.3) is 0 Å². The molecular weight excluding hydrogens is 651 g/mol. The van der Waals surface area contributed by atoms with Crippen LogP contribution in [0.1, 0.15) is 32.8 Å². The van der Waals surface area contributed by atoms with Crippen molar-refractivity contribution in [1.29, 1.82) is 0 Å². The van der Waals surface area contributed by atoms with Crippen LogP contribution in [0.5, 0.6) is 11.6 Å². The number of aromatic nitrogens is 3. The summed E-state index contributed by atoms with van der Waals surface area (Å²) in [5.41, 5.74) is 0.685. The summed E-state index contributed by atoms with van der Waals surface area (Å²) in [6, 6.07) is 10.4. The highest BCUT2D eigenvalue weighted by atomic mass is 19.4. The summed E-state index contributed by atoms with van der Waals surface area (Å²) in [6.07, 6.45) is -5.51. The lowest BCUT2D eigenvalue weighted by Crippen LogP contribution is -2.51. The lowest BCUT2D eigenvalue weighted by molar-refractivity contribution is -0.207. The number of pyridine rings is 1. The minimum absolute atomic E-state index is 0.0800. The lowest BCUT2D eigenvalue weighted by Gasteiger charge is -2.36. The van der Waals surface area contributed by atoms with Gasteiger partial charge in [0, 0.05) is 49.3 Å². The van der Waals surface area contributed by atoms with Crippen LogP contribution in [0, 0.1) is 12.7 Å². The van der Waals surface area contributed by atoms with E-state index in [9.17, 15) is 26.7 Å². The van der Waals surface area contributed by atoms with E-state index in [1.165, 1.54) is 23.4 Å². The van der Waals surface area contributed by atoms with Crippen molar-refractivity contribution in [1.82, 2.24) is 19.9 Å². The second-order valence-electron chi connectivity index (χ2n) is 12.7. The Balaban J connectivity index is 1.40. The largest absolute Gasteiger partial charge is 0.444 e. The highest BCUT2D eigenvalue weighted by Gasteiger charge is 2.40. The zero-order valence-electron chi connectivity index (χ0n) is 27.6. The third-order valence-electron chi connectivity index (χ3n) is 7.70. The molecule has 2 aromatic carbocycles. The zero-order chi connectivity index (χ0) is 35.5. The summed E-state index contributed by atoms with van der Waals surface area (Å²) in [6.45, 7) is 6.39. The number of carbonyl (C=O) groups excluding carboxylic acids is 1. The van der Waals surface area contributed by atoms with Crippen LogP contribution in [0.4, 0.5) is 38.4 Å². The third-order valence-corrected chi connectivity index (χ3v) is 7.70. The molecule has 1 fully saturated rings. The van der Waals surface area contributed by atoms with Gasteiger partial charge in [-0.05, 0) is 63.6 Å². The Bertz CT molecular complexity index is 1800. The van der Waals surface area contributed by atoms with Crippen LogP contribution in [0.2, 0.25) is 0 Å². The number of hydrogen-bond donors (Lipinski definition) is 2. The van der Waals surface area contributed by atoms with E-state index in [1.54, 1.807) is 58.0 Å². The average molecular weight is 689 g/mol. The molecule has 49 heavy (non-hydrogen) atoms. The standard InChI is InChI=1S/C34H37F5N6O4/c1-19-8-9-22-23(10-11-25(36)28(22)42-16-27(47-5)34(37,38)39)29(19)48-30-24(7-6-13-40-30)26-12-14-41-31(44-26)43-21-15-20(35)17-45(18-21)32(46)49-33(2,3)4/h6-14,20-21,27,42H,15-18H2,1-5H3,(H,41,43,44)/t20-,21-,27?/m1/s1. The molecule has 1 aliphatic heterocycles. The number of methoxy groups -OCH3 is 1. The fraction of sp³-hybridized carbons (Fsp3) is 0.412. The average Bonchev–Trinajstić information content (AvgIpc) is 3.02. The van der Waals surface area contributed by atoms with Crippen molar-refractivity contribution in [3.05, 3.63) is 66.2 Å². The molecule has 0 bridgehead atoms. The fourth-order valence-electron chi connectivity index (χ4n) is 5.45. The molecule has 10 nitrogen and oxygen atoms in total. The van der Waals surface area contributed by atoms with Crippen molar-refractivity contribution < 1.29 is 41.0 Å². The molecule has 1 aliphatic rings. The van der Waals surface area contributed by atoms with Crippen LogP contribution in [-0.4, -0.2) is 82.8 Å². The van der Waals surface area contributed by atoms with Gasteiger partial charge < -0.3 is 29.7 Å². The maximum Gasteiger partial charge on any atom is 0.416 e. The molecule has 0 spiro atoms. The Hall–Kier alpha value is -4.79. The number of ether oxygens (including phenoxy) is 3. The Morgan fingerprint density at radius 2 is 1.80 bits per heavy atom. The first-order valence-electron chi connectivity index (χ1n) is 15.5.